The second kappa shape index (κ2) is 8.02. The third kappa shape index (κ3) is 4.29. The number of halogens is 2. The van der Waals surface area contributed by atoms with Crippen LogP contribution in [0.5, 0.6) is 0 Å². The van der Waals surface area contributed by atoms with E-state index in [1.807, 2.05) is 42.7 Å². The Morgan fingerprint density at radius 2 is 1.83 bits per heavy atom. The molecule has 0 unspecified atom stereocenters. The molecule has 5 heteroatoms. The molecular weight excluding hydrogens is 343 g/mol. The molecule has 126 valence electrons. The lowest BCUT2D eigenvalue weighted by Crippen LogP contribution is -2.34. The highest BCUT2D eigenvalue weighted by molar-refractivity contribution is 6.33. The fourth-order valence-electron chi connectivity index (χ4n) is 2.68. The third-order valence-electron chi connectivity index (χ3n) is 4.15. The molecule has 0 spiro atoms. The van der Waals surface area contributed by atoms with Crippen molar-refractivity contribution in [2.24, 2.45) is 4.99 Å². The van der Waals surface area contributed by atoms with Crippen molar-refractivity contribution >= 4 is 35.2 Å². The Bertz CT molecular complexity index is 740. The predicted molar refractivity (Wildman–Crippen MR) is 101 cm³/mol. The molecule has 1 saturated heterocycles. The molecule has 0 aromatic heterocycles. The van der Waals surface area contributed by atoms with Crippen LogP contribution in [-0.4, -0.2) is 37.5 Å². The number of nitrogens with zero attached hydrogens (tertiary/aromatic N) is 2. The van der Waals surface area contributed by atoms with Gasteiger partial charge in [-0.25, -0.2) is 4.99 Å². The maximum absolute atomic E-state index is 6.44. The maximum Gasteiger partial charge on any atom is 0.0914 e. The van der Waals surface area contributed by atoms with E-state index in [-0.39, 0.29) is 0 Å². The lowest BCUT2D eigenvalue weighted by Gasteiger charge is -2.24. The number of hydrogen-bond acceptors (Lipinski definition) is 2. The van der Waals surface area contributed by atoms with Gasteiger partial charge < -0.3 is 9.64 Å². The molecule has 1 fully saturated rings. The number of ether oxygens (including phenoxy) is 1. The van der Waals surface area contributed by atoms with Gasteiger partial charge in [0.05, 0.1) is 30.3 Å². The van der Waals surface area contributed by atoms with Gasteiger partial charge in [0.1, 0.15) is 0 Å². The second-order valence-corrected chi connectivity index (χ2v) is 6.71. The molecule has 0 aliphatic carbocycles. The van der Waals surface area contributed by atoms with Gasteiger partial charge in [-0.1, -0.05) is 41.4 Å². The van der Waals surface area contributed by atoms with Crippen LogP contribution >= 0.6 is 23.2 Å². The Morgan fingerprint density at radius 3 is 2.58 bits per heavy atom. The summed E-state index contributed by atoms with van der Waals surface area (Å²) in [4.78, 5) is 6.69. The van der Waals surface area contributed by atoms with E-state index in [9.17, 15) is 0 Å². The monoisotopic (exact) mass is 362 g/mol. The van der Waals surface area contributed by atoms with Crippen LogP contribution < -0.4 is 0 Å². The van der Waals surface area contributed by atoms with Gasteiger partial charge in [-0.05, 0) is 48.2 Å². The topological polar surface area (TPSA) is 24.8 Å². The van der Waals surface area contributed by atoms with Crippen LogP contribution in [0.1, 0.15) is 16.7 Å². The van der Waals surface area contributed by atoms with Gasteiger partial charge in [-0.3, -0.25) is 0 Å². The van der Waals surface area contributed by atoms with E-state index < -0.39 is 0 Å². The van der Waals surface area contributed by atoms with Gasteiger partial charge in [0.15, 0.2) is 0 Å². The molecule has 1 heterocycles. The minimum atomic E-state index is 0.659. The predicted octanol–water partition coefficient (Wildman–Crippen LogP) is 4.88. The molecule has 2 aromatic carbocycles. The van der Waals surface area contributed by atoms with Gasteiger partial charge in [-0.2, -0.15) is 0 Å². The maximum atomic E-state index is 6.44. The summed E-state index contributed by atoms with van der Waals surface area (Å²) in [6.07, 6.45) is 2.62. The van der Waals surface area contributed by atoms with E-state index >= 15 is 0 Å². The average molecular weight is 363 g/mol. The molecule has 0 bridgehead atoms. The second-order valence-electron chi connectivity index (χ2n) is 5.89. The zero-order valence-electron chi connectivity index (χ0n) is 13.6. The molecular formula is C19H20Cl2N2O. The molecule has 0 atom stereocenters. The molecule has 0 radical (unpaired) electrons. The number of benzene rings is 2. The number of rotatable bonds is 4. The highest BCUT2D eigenvalue weighted by Crippen LogP contribution is 2.30. The molecule has 3 rings (SSSR count). The Labute approximate surface area is 152 Å². The molecule has 0 saturated carbocycles. The van der Waals surface area contributed by atoms with Crippen LogP contribution in [0, 0.1) is 6.92 Å². The van der Waals surface area contributed by atoms with Crippen molar-refractivity contribution < 1.29 is 4.74 Å². The first kappa shape index (κ1) is 17.3. The molecule has 24 heavy (non-hydrogen) atoms. The Hall–Kier alpha value is -1.55. The van der Waals surface area contributed by atoms with Crippen molar-refractivity contribution in [1.29, 1.82) is 0 Å². The largest absolute Gasteiger partial charge is 0.378 e. The summed E-state index contributed by atoms with van der Waals surface area (Å²) < 4.78 is 5.34. The lowest BCUT2D eigenvalue weighted by atomic mass is 10.00. The summed E-state index contributed by atoms with van der Waals surface area (Å²) in [7, 11) is 0. The third-order valence-corrected chi connectivity index (χ3v) is 4.82. The van der Waals surface area contributed by atoms with Crippen molar-refractivity contribution in [2.75, 3.05) is 26.3 Å². The summed E-state index contributed by atoms with van der Waals surface area (Å²) >= 11 is 12.7. The summed E-state index contributed by atoms with van der Waals surface area (Å²) in [6, 6.07) is 11.9. The van der Waals surface area contributed by atoms with E-state index in [1.54, 1.807) is 0 Å². The van der Waals surface area contributed by atoms with Crippen LogP contribution in [0.15, 0.2) is 41.4 Å². The number of hydrogen-bond donors (Lipinski definition) is 0. The molecule has 3 nitrogen and oxygen atoms in total. The smallest absolute Gasteiger partial charge is 0.0914 e. The zero-order valence-corrected chi connectivity index (χ0v) is 15.1. The van der Waals surface area contributed by atoms with E-state index in [0.717, 1.165) is 54.6 Å². The number of aryl methyl sites for hydroxylation is 1. The van der Waals surface area contributed by atoms with Crippen molar-refractivity contribution in [2.45, 2.75) is 13.3 Å². The summed E-state index contributed by atoms with van der Waals surface area (Å²) in [5.74, 6) is 0. The summed E-state index contributed by atoms with van der Waals surface area (Å²) in [6.45, 7) is 5.30. The van der Waals surface area contributed by atoms with Gasteiger partial charge in [0.2, 0.25) is 0 Å². The van der Waals surface area contributed by atoms with Crippen molar-refractivity contribution in [1.82, 2.24) is 4.90 Å². The van der Waals surface area contributed by atoms with Crippen molar-refractivity contribution in [3.05, 3.63) is 63.1 Å². The zero-order chi connectivity index (χ0) is 16.9. The molecule has 0 amide bonds. The van der Waals surface area contributed by atoms with Crippen LogP contribution in [0.25, 0.3) is 0 Å². The lowest BCUT2D eigenvalue weighted by molar-refractivity contribution is 0.0701. The Morgan fingerprint density at radius 1 is 1.08 bits per heavy atom. The van der Waals surface area contributed by atoms with Crippen molar-refractivity contribution in [3.8, 4) is 0 Å². The Kier molecular flexibility index (Phi) is 5.77. The fourth-order valence-corrected chi connectivity index (χ4v) is 3.12. The average Bonchev–Trinajstić information content (AvgIpc) is 2.59. The molecule has 2 aromatic rings. The minimum Gasteiger partial charge on any atom is -0.378 e. The molecule has 1 aliphatic heterocycles. The quantitative estimate of drug-likeness (QED) is 0.571. The van der Waals surface area contributed by atoms with Gasteiger partial charge in [-0.15, -0.1) is 0 Å². The summed E-state index contributed by atoms with van der Waals surface area (Å²) in [5, 5.41) is 1.44. The normalized spacial score (nSPS) is 15.2. The highest BCUT2D eigenvalue weighted by atomic mass is 35.5. The van der Waals surface area contributed by atoms with Gasteiger partial charge in [0.25, 0.3) is 0 Å². The first-order valence-corrected chi connectivity index (χ1v) is 8.77. The minimum absolute atomic E-state index is 0.659. The highest BCUT2D eigenvalue weighted by Gasteiger charge is 2.09. The van der Waals surface area contributed by atoms with E-state index in [2.05, 4.69) is 16.8 Å². The molecule has 1 aliphatic rings. The van der Waals surface area contributed by atoms with Crippen LogP contribution in [-0.2, 0) is 11.2 Å². The fraction of sp³-hybridized carbons (Fsp3) is 0.316. The number of morpholine rings is 1. The standard InChI is InChI=1S/C19H20Cl2N2O/c1-14-10-19(22-13-23-6-8-24-9-7-23)18(21)12-16(14)11-15-4-2-3-5-17(15)20/h2-5,10,12-13H,6-9,11H2,1H3/b22-13+. The number of aliphatic imine (C=N–C) groups is 1. The van der Waals surface area contributed by atoms with Crippen LogP contribution in [0.4, 0.5) is 5.69 Å². The van der Waals surface area contributed by atoms with E-state index in [4.69, 9.17) is 27.9 Å². The first-order valence-electron chi connectivity index (χ1n) is 8.02. The SMILES string of the molecule is Cc1cc(/N=C/N2CCOCC2)c(Cl)cc1Cc1ccccc1Cl. The van der Waals surface area contributed by atoms with Gasteiger partial charge in [0, 0.05) is 18.1 Å². The van der Waals surface area contributed by atoms with Crippen molar-refractivity contribution in [3.63, 3.8) is 0 Å². The van der Waals surface area contributed by atoms with E-state index in [0.29, 0.717) is 5.02 Å². The van der Waals surface area contributed by atoms with Crippen LogP contribution in [0.2, 0.25) is 10.0 Å². The Balaban J connectivity index is 1.78. The summed E-state index contributed by atoms with van der Waals surface area (Å²) in [5.41, 5.74) is 4.22. The van der Waals surface area contributed by atoms with Crippen LogP contribution in [0.3, 0.4) is 0 Å². The molecule has 0 N–H and O–H groups in total. The first-order chi connectivity index (χ1) is 11.6. The van der Waals surface area contributed by atoms with E-state index in [1.165, 1.54) is 5.56 Å². The van der Waals surface area contributed by atoms with Gasteiger partial charge >= 0.3 is 0 Å².